The molecular weight excluding hydrogens is 330 g/mol. The van der Waals surface area contributed by atoms with E-state index in [9.17, 15) is 14.4 Å². The molecule has 1 unspecified atom stereocenters. The van der Waals surface area contributed by atoms with Crippen molar-refractivity contribution in [3.05, 3.63) is 11.1 Å². The van der Waals surface area contributed by atoms with E-state index < -0.39 is 11.9 Å². The Labute approximate surface area is 144 Å². The molecule has 8 nitrogen and oxygen atoms in total. The summed E-state index contributed by atoms with van der Waals surface area (Å²) >= 11 is 1.01. The van der Waals surface area contributed by atoms with E-state index in [4.69, 9.17) is 5.73 Å². The van der Waals surface area contributed by atoms with Crippen LogP contribution in [0.5, 0.6) is 0 Å². The van der Waals surface area contributed by atoms with E-state index in [2.05, 4.69) is 15.6 Å². The number of carbonyl (C=O) groups excluding carboxylic acids is 3. The molecule has 4 N–H and O–H groups in total. The van der Waals surface area contributed by atoms with Crippen molar-refractivity contribution >= 4 is 34.3 Å². The zero-order valence-corrected chi connectivity index (χ0v) is 14.7. The zero-order chi connectivity index (χ0) is 17.7. The third-order valence-corrected chi connectivity index (χ3v) is 5.07. The molecule has 0 saturated carbocycles. The zero-order valence-electron chi connectivity index (χ0n) is 13.9. The summed E-state index contributed by atoms with van der Waals surface area (Å²) in [6, 6.07) is -0.881. The number of rotatable bonds is 6. The fourth-order valence-electron chi connectivity index (χ4n) is 2.48. The Morgan fingerprint density at radius 2 is 2.04 bits per heavy atom. The van der Waals surface area contributed by atoms with Crippen LogP contribution in [0.15, 0.2) is 6.20 Å². The number of likely N-dealkylation sites (tertiary alicyclic amines) is 1. The Morgan fingerprint density at radius 1 is 1.38 bits per heavy atom. The van der Waals surface area contributed by atoms with Gasteiger partial charge in [0.2, 0.25) is 5.91 Å². The van der Waals surface area contributed by atoms with E-state index in [0.717, 1.165) is 43.7 Å². The maximum atomic E-state index is 12.5. The van der Waals surface area contributed by atoms with Crippen LogP contribution in [0.2, 0.25) is 0 Å². The number of nitrogens with one attached hydrogen (secondary N) is 2. The molecule has 2 rings (SSSR count). The molecule has 0 aliphatic carbocycles. The fourth-order valence-corrected chi connectivity index (χ4v) is 3.15. The monoisotopic (exact) mass is 353 g/mol. The second-order valence-electron chi connectivity index (χ2n) is 5.89. The van der Waals surface area contributed by atoms with Gasteiger partial charge in [-0.15, -0.1) is 0 Å². The van der Waals surface area contributed by atoms with Gasteiger partial charge in [0.25, 0.3) is 5.91 Å². The lowest BCUT2D eigenvalue weighted by Crippen LogP contribution is -2.51. The lowest BCUT2D eigenvalue weighted by Gasteiger charge is -2.26. The molecule has 1 fully saturated rings. The largest absolute Gasteiger partial charge is 0.365 e. The van der Waals surface area contributed by atoms with E-state index in [1.54, 1.807) is 4.90 Å². The molecule has 24 heavy (non-hydrogen) atoms. The van der Waals surface area contributed by atoms with Gasteiger partial charge in [0, 0.05) is 13.1 Å². The highest BCUT2D eigenvalue weighted by Crippen LogP contribution is 2.19. The minimum Gasteiger partial charge on any atom is -0.365 e. The van der Waals surface area contributed by atoms with Crippen LogP contribution in [0.4, 0.5) is 9.93 Å². The predicted octanol–water partition coefficient (Wildman–Crippen LogP) is 1.40. The first-order chi connectivity index (χ1) is 11.4. The van der Waals surface area contributed by atoms with Gasteiger partial charge in [-0.1, -0.05) is 31.6 Å². The van der Waals surface area contributed by atoms with Crippen LogP contribution in [0.25, 0.3) is 0 Å². The van der Waals surface area contributed by atoms with E-state index >= 15 is 0 Å². The summed E-state index contributed by atoms with van der Waals surface area (Å²) in [5.41, 5.74) is 5.18. The molecule has 0 bridgehead atoms. The molecule has 1 aromatic rings. The first kappa shape index (κ1) is 18.2. The van der Waals surface area contributed by atoms with Crippen LogP contribution in [0.3, 0.4) is 0 Å². The minimum atomic E-state index is -0.663. The van der Waals surface area contributed by atoms with Crippen molar-refractivity contribution < 1.29 is 14.4 Å². The Balaban J connectivity index is 2.03. The number of nitrogens with zero attached hydrogens (tertiary/aromatic N) is 2. The second-order valence-corrected chi connectivity index (χ2v) is 6.92. The number of amides is 4. The predicted molar refractivity (Wildman–Crippen MR) is 91.8 cm³/mol. The minimum absolute atomic E-state index is 0.0351. The van der Waals surface area contributed by atoms with Crippen molar-refractivity contribution in [1.82, 2.24) is 15.2 Å². The molecule has 0 aromatic carbocycles. The maximum absolute atomic E-state index is 12.5. The van der Waals surface area contributed by atoms with Crippen LogP contribution in [-0.2, 0) is 4.79 Å². The number of thiazole rings is 1. The Kier molecular flexibility index (Phi) is 6.13. The van der Waals surface area contributed by atoms with Crippen LogP contribution in [0.1, 0.15) is 42.8 Å². The third-order valence-electron chi connectivity index (χ3n) is 4.15. The number of anilines is 1. The molecule has 4 amide bonds. The average molecular weight is 353 g/mol. The third kappa shape index (κ3) is 4.44. The molecule has 0 radical (unpaired) electrons. The topological polar surface area (TPSA) is 117 Å². The van der Waals surface area contributed by atoms with E-state index in [-0.39, 0.29) is 27.9 Å². The van der Waals surface area contributed by atoms with Crippen LogP contribution < -0.4 is 16.4 Å². The van der Waals surface area contributed by atoms with Gasteiger partial charge in [0.15, 0.2) is 5.13 Å². The van der Waals surface area contributed by atoms with Crippen molar-refractivity contribution in [3.63, 3.8) is 0 Å². The van der Waals surface area contributed by atoms with Crippen molar-refractivity contribution in [1.29, 1.82) is 0 Å². The average Bonchev–Trinajstić information content (AvgIpc) is 3.22. The highest BCUT2D eigenvalue weighted by atomic mass is 32.1. The van der Waals surface area contributed by atoms with Crippen LogP contribution in [0, 0.1) is 5.92 Å². The number of aromatic nitrogens is 1. The lowest BCUT2D eigenvalue weighted by atomic mass is 9.98. The number of hydrogen-bond donors (Lipinski definition) is 3. The Bertz CT molecular complexity index is 612. The summed E-state index contributed by atoms with van der Waals surface area (Å²) < 4.78 is 0. The number of nitrogens with two attached hydrogens (primary N) is 1. The number of primary amides is 1. The molecule has 0 spiro atoms. The van der Waals surface area contributed by atoms with Crippen molar-refractivity contribution in [2.45, 2.75) is 39.2 Å². The fraction of sp³-hybridized carbons (Fsp3) is 0.600. The van der Waals surface area contributed by atoms with Gasteiger partial charge in [-0.3, -0.25) is 9.59 Å². The molecule has 2 heterocycles. The summed E-state index contributed by atoms with van der Waals surface area (Å²) in [5, 5.41) is 5.76. The molecule has 1 aliphatic rings. The van der Waals surface area contributed by atoms with E-state index in [0.29, 0.717) is 0 Å². The Hall–Kier alpha value is -2.16. The Morgan fingerprint density at radius 3 is 2.58 bits per heavy atom. The van der Waals surface area contributed by atoms with Crippen molar-refractivity contribution in [2.75, 3.05) is 18.4 Å². The SMILES string of the molecule is CCC(C)[C@H](NC(=O)N1CCCC1)C(=O)Nc1ncc(C(N)=O)s1. The summed E-state index contributed by atoms with van der Waals surface area (Å²) in [7, 11) is 0. The molecule has 1 aliphatic heterocycles. The van der Waals surface area contributed by atoms with Gasteiger partial charge >= 0.3 is 6.03 Å². The summed E-state index contributed by atoms with van der Waals surface area (Å²) in [5.74, 6) is -0.969. The number of carbonyl (C=O) groups is 3. The summed E-state index contributed by atoms with van der Waals surface area (Å²) in [4.78, 5) is 41.9. The first-order valence-corrected chi connectivity index (χ1v) is 8.86. The van der Waals surface area contributed by atoms with Gasteiger partial charge in [0.05, 0.1) is 6.20 Å². The number of hydrogen-bond acceptors (Lipinski definition) is 5. The highest BCUT2D eigenvalue weighted by Gasteiger charge is 2.29. The molecule has 1 saturated heterocycles. The van der Waals surface area contributed by atoms with E-state index in [1.807, 2.05) is 13.8 Å². The highest BCUT2D eigenvalue weighted by molar-refractivity contribution is 7.17. The molecule has 2 atom stereocenters. The summed E-state index contributed by atoms with van der Waals surface area (Å²) in [6.45, 7) is 5.30. The number of urea groups is 1. The normalized spacial score (nSPS) is 16.5. The first-order valence-electron chi connectivity index (χ1n) is 8.04. The van der Waals surface area contributed by atoms with Gasteiger partial charge in [-0.05, 0) is 18.8 Å². The molecule has 132 valence electrons. The molecule has 1 aromatic heterocycles. The molecule has 9 heteroatoms. The van der Waals surface area contributed by atoms with Gasteiger partial charge in [-0.25, -0.2) is 9.78 Å². The van der Waals surface area contributed by atoms with Crippen molar-refractivity contribution in [3.8, 4) is 0 Å². The van der Waals surface area contributed by atoms with Gasteiger partial charge < -0.3 is 21.3 Å². The molecular formula is C15H23N5O3S. The standard InChI is InChI=1S/C15H23N5O3S/c1-3-9(2)11(18-15(23)20-6-4-5-7-20)13(22)19-14-17-8-10(24-14)12(16)21/h8-9,11H,3-7H2,1-2H3,(H2,16,21)(H,18,23)(H,17,19,22)/t9?,11-/m0/s1. The second kappa shape index (κ2) is 8.09. The van der Waals surface area contributed by atoms with Crippen LogP contribution in [-0.4, -0.2) is 46.9 Å². The quantitative estimate of drug-likeness (QED) is 0.716. The maximum Gasteiger partial charge on any atom is 0.318 e. The van der Waals surface area contributed by atoms with E-state index in [1.165, 1.54) is 6.20 Å². The van der Waals surface area contributed by atoms with Crippen LogP contribution >= 0.6 is 11.3 Å². The van der Waals surface area contributed by atoms with Crippen molar-refractivity contribution in [2.24, 2.45) is 11.7 Å². The lowest BCUT2D eigenvalue weighted by molar-refractivity contribution is -0.119. The van der Waals surface area contributed by atoms with Gasteiger partial charge in [0.1, 0.15) is 10.9 Å². The van der Waals surface area contributed by atoms with Gasteiger partial charge in [-0.2, -0.15) is 0 Å². The smallest absolute Gasteiger partial charge is 0.318 e. The summed E-state index contributed by atoms with van der Waals surface area (Å²) in [6.07, 6.45) is 4.04.